The number of carboxylic acid groups (broad SMARTS) is 1. The molecular formula is C13H27N3O3. The van der Waals surface area contributed by atoms with Crippen molar-refractivity contribution in [3.05, 3.63) is 0 Å². The number of carbonyl (C=O) groups is 2. The van der Waals surface area contributed by atoms with Crippen molar-refractivity contribution in [2.75, 3.05) is 26.7 Å². The first kappa shape index (κ1) is 17.7. The van der Waals surface area contributed by atoms with Crippen molar-refractivity contribution in [2.45, 2.75) is 39.0 Å². The normalized spacial score (nSPS) is 11.9. The van der Waals surface area contributed by atoms with E-state index in [0.29, 0.717) is 25.4 Å². The second-order valence-corrected chi connectivity index (χ2v) is 4.64. The minimum atomic E-state index is -0.756. The van der Waals surface area contributed by atoms with Crippen molar-refractivity contribution in [3.8, 4) is 0 Å². The summed E-state index contributed by atoms with van der Waals surface area (Å²) in [7, 11) is 1.88. The molecule has 0 fully saturated rings. The molecule has 0 heterocycles. The zero-order valence-electron chi connectivity index (χ0n) is 12.0. The van der Waals surface area contributed by atoms with Gasteiger partial charge in [0.1, 0.15) is 0 Å². The van der Waals surface area contributed by atoms with Crippen LogP contribution in [0.2, 0.25) is 0 Å². The zero-order valence-corrected chi connectivity index (χ0v) is 12.0. The predicted octanol–water partition coefficient (Wildman–Crippen LogP) is 1.18. The molecule has 6 nitrogen and oxygen atoms in total. The lowest BCUT2D eigenvalue weighted by molar-refractivity contribution is -0.137. The molecular weight excluding hydrogens is 246 g/mol. The van der Waals surface area contributed by atoms with Crippen LogP contribution in [0.15, 0.2) is 0 Å². The highest BCUT2D eigenvalue weighted by atomic mass is 16.4. The van der Waals surface area contributed by atoms with Gasteiger partial charge < -0.3 is 21.1 Å². The van der Waals surface area contributed by atoms with Gasteiger partial charge in [-0.2, -0.15) is 0 Å². The van der Waals surface area contributed by atoms with Crippen molar-refractivity contribution >= 4 is 12.0 Å². The van der Waals surface area contributed by atoms with Crippen LogP contribution in [0.4, 0.5) is 4.79 Å². The van der Waals surface area contributed by atoms with Gasteiger partial charge in [0.05, 0.1) is 0 Å². The highest BCUT2D eigenvalue weighted by molar-refractivity contribution is 5.73. The Balaban J connectivity index is 3.57. The molecule has 6 heteroatoms. The number of urea groups is 1. The molecule has 0 bridgehead atoms. The van der Waals surface area contributed by atoms with E-state index >= 15 is 0 Å². The van der Waals surface area contributed by atoms with E-state index in [9.17, 15) is 9.59 Å². The van der Waals surface area contributed by atoms with Gasteiger partial charge in [0.25, 0.3) is 0 Å². The molecule has 0 saturated carbocycles. The van der Waals surface area contributed by atoms with Gasteiger partial charge in [-0.1, -0.05) is 13.3 Å². The maximum atomic E-state index is 11.4. The monoisotopic (exact) mass is 273 g/mol. The van der Waals surface area contributed by atoms with Gasteiger partial charge >= 0.3 is 12.0 Å². The molecule has 2 amide bonds. The van der Waals surface area contributed by atoms with E-state index in [0.717, 1.165) is 25.8 Å². The molecule has 0 rings (SSSR count). The Hall–Kier alpha value is -1.30. The third-order valence-corrected chi connectivity index (χ3v) is 3.07. The molecule has 0 saturated heterocycles. The second-order valence-electron chi connectivity index (χ2n) is 4.64. The van der Waals surface area contributed by atoms with E-state index in [1.165, 1.54) is 0 Å². The number of hydrogen-bond donors (Lipinski definition) is 4. The molecule has 19 heavy (non-hydrogen) atoms. The number of rotatable bonds is 11. The molecule has 0 aromatic heterocycles. The standard InChI is InChI=1S/C13H27N3O3/c1-3-11(5-6-12(17)18)7-10-16-13(19)15-9-4-8-14-2/h11,14H,3-10H2,1-2H3,(H,17,18)(H2,15,16,19). The Morgan fingerprint density at radius 2 is 1.79 bits per heavy atom. The van der Waals surface area contributed by atoms with Crippen molar-refractivity contribution in [1.29, 1.82) is 0 Å². The van der Waals surface area contributed by atoms with Crippen LogP contribution >= 0.6 is 0 Å². The Kier molecular flexibility index (Phi) is 11.0. The van der Waals surface area contributed by atoms with Gasteiger partial charge in [0.2, 0.25) is 0 Å². The van der Waals surface area contributed by atoms with Crippen molar-refractivity contribution < 1.29 is 14.7 Å². The molecule has 0 aliphatic rings. The molecule has 0 aromatic carbocycles. The van der Waals surface area contributed by atoms with Gasteiger partial charge in [-0.15, -0.1) is 0 Å². The van der Waals surface area contributed by atoms with Gasteiger partial charge in [-0.05, 0) is 38.8 Å². The summed E-state index contributed by atoms with van der Waals surface area (Å²) in [6, 6.07) is -0.149. The Morgan fingerprint density at radius 1 is 1.11 bits per heavy atom. The molecule has 0 aliphatic heterocycles. The average Bonchev–Trinajstić information content (AvgIpc) is 2.38. The minimum absolute atomic E-state index is 0.149. The number of aliphatic carboxylic acids is 1. The van der Waals surface area contributed by atoms with Crippen molar-refractivity contribution in [2.24, 2.45) is 5.92 Å². The van der Waals surface area contributed by atoms with Crippen LogP contribution in [0.3, 0.4) is 0 Å². The molecule has 112 valence electrons. The summed E-state index contributed by atoms with van der Waals surface area (Å²) in [5.41, 5.74) is 0. The SMILES string of the molecule is CCC(CCNC(=O)NCCCNC)CCC(=O)O. The van der Waals surface area contributed by atoms with E-state index in [1.54, 1.807) is 0 Å². The first-order chi connectivity index (χ1) is 9.10. The number of amides is 2. The number of hydrogen-bond acceptors (Lipinski definition) is 3. The summed E-state index contributed by atoms with van der Waals surface area (Å²) in [5.74, 6) is -0.394. The lowest BCUT2D eigenvalue weighted by Gasteiger charge is -2.14. The minimum Gasteiger partial charge on any atom is -0.481 e. The van der Waals surface area contributed by atoms with Crippen molar-refractivity contribution in [3.63, 3.8) is 0 Å². The van der Waals surface area contributed by atoms with Crippen LogP contribution in [0.5, 0.6) is 0 Å². The molecule has 0 spiro atoms. The van der Waals surface area contributed by atoms with Crippen LogP contribution in [-0.4, -0.2) is 43.8 Å². The summed E-state index contributed by atoms with van der Waals surface area (Å²) in [6.07, 6.45) is 3.55. The van der Waals surface area contributed by atoms with E-state index in [-0.39, 0.29) is 12.5 Å². The quantitative estimate of drug-likeness (QED) is 0.425. The smallest absolute Gasteiger partial charge is 0.314 e. The van der Waals surface area contributed by atoms with E-state index in [2.05, 4.69) is 16.0 Å². The first-order valence-corrected chi connectivity index (χ1v) is 6.98. The summed E-state index contributed by atoms with van der Waals surface area (Å²) in [5, 5.41) is 17.2. The fourth-order valence-electron chi connectivity index (χ4n) is 1.80. The Bertz CT molecular complexity index is 260. The largest absolute Gasteiger partial charge is 0.481 e. The lowest BCUT2D eigenvalue weighted by Crippen LogP contribution is -2.37. The molecule has 1 atom stereocenters. The summed E-state index contributed by atoms with van der Waals surface area (Å²) in [4.78, 5) is 21.9. The van der Waals surface area contributed by atoms with E-state index < -0.39 is 5.97 Å². The van der Waals surface area contributed by atoms with Crippen LogP contribution < -0.4 is 16.0 Å². The molecule has 0 aliphatic carbocycles. The average molecular weight is 273 g/mol. The van der Waals surface area contributed by atoms with Crippen LogP contribution in [0.1, 0.15) is 39.0 Å². The highest BCUT2D eigenvalue weighted by Crippen LogP contribution is 2.14. The van der Waals surface area contributed by atoms with Gasteiger partial charge in [0, 0.05) is 19.5 Å². The number of carbonyl (C=O) groups excluding carboxylic acids is 1. The fourth-order valence-corrected chi connectivity index (χ4v) is 1.80. The number of nitrogens with one attached hydrogen (secondary N) is 3. The van der Waals surface area contributed by atoms with Gasteiger partial charge in [-0.3, -0.25) is 4.79 Å². The molecule has 4 N–H and O–H groups in total. The predicted molar refractivity (Wildman–Crippen MR) is 75.2 cm³/mol. The lowest BCUT2D eigenvalue weighted by atomic mass is 9.97. The summed E-state index contributed by atoms with van der Waals surface area (Å²) >= 11 is 0. The maximum absolute atomic E-state index is 11.4. The second kappa shape index (κ2) is 11.8. The van der Waals surface area contributed by atoms with Crippen LogP contribution in [0.25, 0.3) is 0 Å². The Morgan fingerprint density at radius 3 is 2.37 bits per heavy atom. The first-order valence-electron chi connectivity index (χ1n) is 6.98. The summed E-state index contributed by atoms with van der Waals surface area (Å²) in [6.45, 7) is 4.18. The van der Waals surface area contributed by atoms with Gasteiger partial charge in [-0.25, -0.2) is 4.79 Å². The van der Waals surface area contributed by atoms with Crippen LogP contribution in [0, 0.1) is 5.92 Å². The third kappa shape index (κ3) is 11.5. The molecule has 0 radical (unpaired) electrons. The fraction of sp³-hybridized carbons (Fsp3) is 0.846. The van der Waals surface area contributed by atoms with Crippen molar-refractivity contribution in [1.82, 2.24) is 16.0 Å². The highest BCUT2D eigenvalue weighted by Gasteiger charge is 2.09. The zero-order chi connectivity index (χ0) is 14.5. The molecule has 1 unspecified atom stereocenters. The number of carboxylic acids is 1. The Labute approximate surface area is 115 Å². The van der Waals surface area contributed by atoms with Crippen LogP contribution in [-0.2, 0) is 4.79 Å². The van der Waals surface area contributed by atoms with E-state index in [1.807, 2.05) is 14.0 Å². The maximum Gasteiger partial charge on any atom is 0.314 e. The topological polar surface area (TPSA) is 90.5 Å². The molecule has 0 aromatic rings. The summed E-state index contributed by atoms with van der Waals surface area (Å²) < 4.78 is 0. The van der Waals surface area contributed by atoms with E-state index in [4.69, 9.17) is 5.11 Å². The third-order valence-electron chi connectivity index (χ3n) is 3.07. The van der Waals surface area contributed by atoms with Gasteiger partial charge in [0.15, 0.2) is 0 Å².